The molecule has 0 unspecified atom stereocenters. The first kappa shape index (κ1) is 22.8. The van der Waals surface area contributed by atoms with E-state index in [4.69, 9.17) is 28.5 Å². The van der Waals surface area contributed by atoms with Crippen LogP contribution in [0.1, 0.15) is 53.2 Å². The first-order valence-corrected chi connectivity index (χ1v) is 10.8. The van der Waals surface area contributed by atoms with E-state index in [1.165, 1.54) is 6.07 Å². The Hall–Kier alpha value is -2.90. The lowest BCUT2D eigenvalue weighted by atomic mass is 9.86. The van der Waals surface area contributed by atoms with Gasteiger partial charge in [0.2, 0.25) is 5.91 Å². The Morgan fingerprint density at radius 3 is 2.32 bits per heavy atom. The van der Waals surface area contributed by atoms with Crippen LogP contribution in [0.2, 0.25) is 5.02 Å². The number of nitrogens with two attached hydrogens (primary N) is 2. The lowest BCUT2D eigenvalue weighted by Crippen LogP contribution is -2.45. The molecule has 0 spiro atoms. The number of amidine groups is 1. The molecule has 164 valence electrons. The predicted octanol–water partition coefficient (Wildman–Crippen LogP) is 2.73. The van der Waals surface area contributed by atoms with Crippen molar-refractivity contribution in [2.75, 3.05) is 6.54 Å². The van der Waals surface area contributed by atoms with Crippen molar-refractivity contribution in [2.24, 2.45) is 17.4 Å². The summed E-state index contributed by atoms with van der Waals surface area (Å²) in [6.07, 6.45) is 3.71. The van der Waals surface area contributed by atoms with Gasteiger partial charge in [-0.05, 0) is 68.0 Å². The highest BCUT2D eigenvalue weighted by molar-refractivity contribution is 6.30. The molecule has 8 heteroatoms. The molecule has 0 radical (unpaired) electrons. The van der Waals surface area contributed by atoms with Crippen molar-refractivity contribution >= 4 is 29.3 Å². The third kappa shape index (κ3) is 6.06. The number of carbonyl (C=O) groups is 2. The number of nitrogens with one attached hydrogen (secondary N) is 3. The first-order valence-electron chi connectivity index (χ1n) is 10.4. The van der Waals surface area contributed by atoms with E-state index in [0.29, 0.717) is 34.2 Å². The highest BCUT2D eigenvalue weighted by Gasteiger charge is 2.28. The largest absolute Gasteiger partial charge is 0.384 e. The van der Waals surface area contributed by atoms with Crippen LogP contribution < -0.4 is 22.1 Å². The third-order valence-corrected chi connectivity index (χ3v) is 5.96. The van der Waals surface area contributed by atoms with Crippen LogP contribution in [0.15, 0.2) is 48.5 Å². The van der Waals surface area contributed by atoms with Crippen molar-refractivity contribution in [3.8, 4) is 0 Å². The standard InChI is InChI=1S/C23H28ClN5O2/c24-18-8-6-15(7-9-18)20(23(31)28-19-10-4-14(13-25)5-11-19)29-22(30)17-3-1-2-16(12-17)21(26)27/h1-3,6-9,12,14,19-20H,4-5,10-11,13,25H2,(H3,26,27)(H,28,31)(H,29,30)/t14?,19?,20-/m1/s1. The second-order valence-corrected chi connectivity index (χ2v) is 8.35. The van der Waals surface area contributed by atoms with Crippen molar-refractivity contribution in [3.05, 3.63) is 70.2 Å². The highest BCUT2D eigenvalue weighted by atomic mass is 35.5. The van der Waals surface area contributed by atoms with E-state index in [-0.39, 0.29) is 17.8 Å². The monoisotopic (exact) mass is 441 g/mol. The summed E-state index contributed by atoms with van der Waals surface area (Å²) in [6, 6.07) is 12.5. The van der Waals surface area contributed by atoms with Gasteiger partial charge in [-0.3, -0.25) is 15.0 Å². The fourth-order valence-corrected chi connectivity index (χ4v) is 3.95. The minimum atomic E-state index is -0.877. The topological polar surface area (TPSA) is 134 Å². The maximum atomic E-state index is 13.2. The number of nitrogen functional groups attached to an aromatic ring is 1. The Morgan fingerprint density at radius 2 is 1.71 bits per heavy atom. The molecule has 31 heavy (non-hydrogen) atoms. The summed E-state index contributed by atoms with van der Waals surface area (Å²) >= 11 is 6.00. The summed E-state index contributed by atoms with van der Waals surface area (Å²) in [6.45, 7) is 0.670. The number of hydrogen-bond donors (Lipinski definition) is 5. The fourth-order valence-electron chi connectivity index (χ4n) is 3.82. The molecule has 1 fully saturated rings. The predicted molar refractivity (Wildman–Crippen MR) is 122 cm³/mol. The highest BCUT2D eigenvalue weighted by Crippen LogP contribution is 2.24. The third-order valence-electron chi connectivity index (χ3n) is 5.70. The molecule has 0 heterocycles. The number of amides is 2. The minimum Gasteiger partial charge on any atom is -0.384 e. The molecule has 1 aliphatic rings. The molecule has 3 rings (SSSR count). The average molecular weight is 442 g/mol. The Labute approximate surface area is 187 Å². The SMILES string of the molecule is N=C(N)c1cccc(C(=O)N[C@@H](C(=O)NC2CCC(CN)CC2)c2ccc(Cl)cc2)c1. The molecule has 1 atom stereocenters. The zero-order valence-corrected chi connectivity index (χ0v) is 18.0. The van der Waals surface area contributed by atoms with Gasteiger partial charge < -0.3 is 22.1 Å². The van der Waals surface area contributed by atoms with E-state index in [0.717, 1.165) is 25.7 Å². The number of rotatable bonds is 7. The maximum Gasteiger partial charge on any atom is 0.252 e. The van der Waals surface area contributed by atoms with Gasteiger partial charge in [-0.25, -0.2) is 0 Å². The Bertz CT molecular complexity index is 939. The van der Waals surface area contributed by atoms with Gasteiger partial charge in [0.05, 0.1) is 0 Å². The van der Waals surface area contributed by atoms with E-state index in [1.54, 1.807) is 42.5 Å². The van der Waals surface area contributed by atoms with Crippen LogP contribution in [-0.2, 0) is 4.79 Å². The molecular weight excluding hydrogens is 414 g/mol. The van der Waals surface area contributed by atoms with Crippen molar-refractivity contribution in [2.45, 2.75) is 37.8 Å². The first-order chi connectivity index (χ1) is 14.9. The summed E-state index contributed by atoms with van der Waals surface area (Å²) < 4.78 is 0. The summed E-state index contributed by atoms with van der Waals surface area (Å²) in [5.74, 6) is -0.317. The zero-order valence-electron chi connectivity index (χ0n) is 17.2. The van der Waals surface area contributed by atoms with E-state index >= 15 is 0 Å². The van der Waals surface area contributed by atoms with Crippen LogP contribution in [0.25, 0.3) is 0 Å². The van der Waals surface area contributed by atoms with Crippen molar-refractivity contribution in [1.29, 1.82) is 5.41 Å². The summed E-state index contributed by atoms with van der Waals surface area (Å²) in [5, 5.41) is 14.0. The molecule has 0 aromatic heterocycles. The molecule has 0 saturated heterocycles. The molecule has 2 aromatic carbocycles. The van der Waals surface area contributed by atoms with Gasteiger partial charge in [0.15, 0.2) is 0 Å². The van der Waals surface area contributed by atoms with Crippen molar-refractivity contribution in [3.63, 3.8) is 0 Å². The fraction of sp³-hybridized carbons (Fsp3) is 0.348. The molecule has 7 nitrogen and oxygen atoms in total. The van der Waals surface area contributed by atoms with E-state index in [9.17, 15) is 9.59 Å². The van der Waals surface area contributed by atoms with E-state index in [2.05, 4.69) is 10.6 Å². The summed E-state index contributed by atoms with van der Waals surface area (Å²) in [4.78, 5) is 26.1. The molecule has 2 aromatic rings. The van der Waals surface area contributed by atoms with Crippen molar-refractivity contribution in [1.82, 2.24) is 10.6 Å². The van der Waals surface area contributed by atoms with Crippen LogP contribution in [0.3, 0.4) is 0 Å². The molecule has 2 amide bonds. The van der Waals surface area contributed by atoms with Gasteiger partial charge >= 0.3 is 0 Å². The molecular formula is C23H28ClN5O2. The Balaban J connectivity index is 1.77. The van der Waals surface area contributed by atoms with Crippen LogP contribution in [-0.4, -0.2) is 30.2 Å². The van der Waals surface area contributed by atoms with Gasteiger partial charge in [-0.1, -0.05) is 35.9 Å². The quantitative estimate of drug-likeness (QED) is 0.333. The molecule has 7 N–H and O–H groups in total. The van der Waals surface area contributed by atoms with Crippen LogP contribution in [0.4, 0.5) is 0 Å². The van der Waals surface area contributed by atoms with Gasteiger partial charge in [-0.2, -0.15) is 0 Å². The molecule has 0 aliphatic heterocycles. The molecule has 0 bridgehead atoms. The summed E-state index contributed by atoms with van der Waals surface area (Å²) in [5.41, 5.74) is 12.7. The summed E-state index contributed by atoms with van der Waals surface area (Å²) in [7, 11) is 0. The van der Waals surface area contributed by atoms with Crippen LogP contribution >= 0.6 is 11.6 Å². The average Bonchev–Trinajstić information content (AvgIpc) is 2.78. The number of halogens is 1. The minimum absolute atomic E-state index is 0.0584. The number of carbonyl (C=O) groups excluding carboxylic acids is 2. The maximum absolute atomic E-state index is 13.2. The van der Waals surface area contributed by atoms with Crippen LogP contribution in [0, 0.1) is 11.3 Å². The lowest BCUT2D eigenvalue weighted by Gasteiger charge is -2.30. The number of benzene rings is 2. The Kier molecular flexibility index (Phi) is 7.65. The molecule has 1 aliphatic carbocycles. The van der Waals surface area contributed by atoms with Crippen molar-refractivity contribution < 1.29 is 9.59 Å². The lowest BCUT2D eigenvalue weighted by molar-refractivity contribution is -0.124. The van der Waals surface area contributed by atoms with Gasteiger partial charge in [0.1, 0.15) is 11.9 Å². The second kappa shape index (κ2) is 10.4. The normalized spacial score (nSPS) is 19.3. The van der Waals surface area contributed by atoms with Crippen LogP contribution in [0.5, 0.6) is 0 Å². The van der Waals surface area contributed by atoms with E-state index < -0.39 is 11.9 Å². The second-order valence-electron chi connectivity index (χ2n) is 7.91. The van der Waals surface area contributed by atoms with Gasteiger partial charge in [0, 0.05) is 22.2 Å². The molecule has 1 saturated carbocycles. The van der Waals surface area contributed by atoms with Gasteiger partial charge in [0.25, 0.3) is 5.91 Å². The number of hydrogen-bond acceptors (Lipinski definition) is 4. The Morgan fingerprint density at radius 1 is 1.06 bits per heavy atom. The smallest absolute Gasteiger partial charge is 0.252 e. The van der Waals surface area contributed by atoms with E-state index in [1.807, 2.05) is 0 Å². The zero-order chi connectivity index (χ0) is 22.4. The van der Waals surface area contributed by atoms with Gasteiger partial charge in [-0.15, -0.1) is 0 Å².